The van der Waals surface area contributed by atoms with E-state index >= 15 is 0 Å². The van der Waals surface area contributed by atoms with Gasteiger partial charge in [0.1, 0.15) is 24.4 Å². The lowest BCUT2D eigenvalue weighted by Gasteiger charge is -2.10. The molecule has 0 N–H and O–H groups in total. The molecule has 29 heavy (non-hydrogen) atoms. The molecule has 0 spiro atoms. The van der Waals surface area contributed by atoms with Gasteiger partial charge in [0, 0.05) is 10.6 Å². The molecule has 0 radical (unpaired) electrons. The average molecular weight is 414 g/mol. The molecular weight excluding hydrogens is 400 g/mol. The van der Waals surface area contributed by atoms with Gasteiger partial charge in [-0.15, -0.1) is 10.2 Å². The number of para-hydroxylation sites is 1. The van der Waals surface area contributed by atoms with E-state index in [9.17, 15) is 8.78 Å². The highest BCUT2D eigenvalue weighted by Crippen LogP contribution is 2.36. The molecule has 0 atom stereocenters. The van der Waals surface area contributed by atoms with Crippen molar-refractivity contribution in [3.8, 4) is 22.8 Å². The first-order chi connectivity index (χ1) is 14.1. The molecule has 2 aromatic carbocycles. The van der Waals surface area contributed by atoms with Gasteiger partial charge < -0.3 is 13.9 Å². The number of benzene rings is 2. The van der Waals surface area contributed by atoms with Crippen molar-refractivity contribution in [2.75, 3.05) is 0 Å². The van der Waals surface area contributed by atoms with E-state index in [4.69, 9.17) is 16.3 Å². The van der Waals surface area contributed by atoms with E-state index in [-0.39, 0.29) is 18.8 Å². The van der Waals surface area contributed by atoms with E-state index in [0.717, 1.165) is 0 Å². The van der Waals surface area contributed by atoms with Crippen molar-refractivity contribution < 1.29 is 13.5 Å². The summed E-state index contributed by atoms with van der Waals surface area (Å²) in [5, 5.41) is 9.06. The Hall–Kier alpha value is -3.26. The van der Waals surface area contributed by atoms with Crippen LogP contribution in [0.15, 0.2) is 54.9 Å². The molecule has 6 nitrogen and oxygen atoms in total. The predicted molar refractivity (Wildman–Crippen MR) is 102 cm³/mol. The van der Waals surface area contributed by atoms with E-state index in [1.54, 1.807) is 27.3 Å². The number of hydrogen-bond donors (Lipinski definition) is 0. The van der Waals surface area contributed by atoms with E-state index < -0.39 is 6.43 Å². The number of ether oxygens (including phenoxy) is 1. The Balaban J connectivity index is 1.63. The van der Waals surface area contributed by atoms with E-state index in [1.165, 1.54) is 6.33 Å². The smallest absolute Gasteiger partial charge is 0.282 e. The second-order valence-electron chi connectivity index (χ2n) is 6.54. The number of hydrogen-bond acceptors (Lipinski definition) is 4. The number of fused-ring (bicyclic) bond motifs is 5. The third-order valence-corrected chi connectivity index (χ3v) is 5.05. The fraction of sp³-hybridized carbons (Fsp3) is 0.150. The molecule has 0 saturated heterocycles. The van der Waals surface area contributed by atoms with Crippen LogP contribution in [0.5, 0.6) is 5.75 Å². The van der Waals surface area contributed by atoms with Gasteiger partial charge in [-0.25, -0.2) is 13.8 Å². The summed E-state index contributed by atoms with van der Waals surface area (Å²) in [5.41, 5.74) is 1.48. The van der Waals surface area contributed by atoms with Crippen LogP contribution in [-0.2, 0) is 13.2 Å². The summed E-state index contributed by atoms with van der Waals surface area (Å²) >= 11 is 6.20. The monoisotopic (exact) mass is 413 g/mol. The summed E-state index contributed by atoms with van der Waals surface area (Å²) < 4.78 is 36.4. The summed E-state index contributed by atoms with van der Waals surface area (Å²) in [7, 11) is 0. The molecule has 0 aliphatic carbocycles. The minimum Gasteiger partial charge on any atom is -0.486 e. The predicted octanol–water partition coefficient (Wildman–Crippen LogP) is 4.66. The van der Waals surface area contributed by atoms with E-state index in [1.807, 2.05) is 30.3 Å². The number of aromatic nitrogens is 5. The Labute approximate surface area is 169 Å². The third kappa shape index (κ3) is 3.05. The standard InChI is InChI=1S/C20H14ClF2N5O/c21-12-6-7-15-14(8-12)20-26-25-17(10-29-13-4-2-1-3-5-13)27(20)9-16-18(19(22)23)24-11-28(15)16/h1-8,11,19H,9-10H2. The maximum atomic E-state index is 13.6. The minimum absolute atomic E-state index is 0.141. The largest absolute Gasteiger partial charge is 0.486 e. The number of rotatable bonds is 4. The van der Waals surface area contributed by atoms with Crippen LogP contribution in [0.2, 0.25) is 5.02 Å². The Kier molecular flexibility index (Phi) is 4.28. The summed E-state index contributed by atoms with van der Waals surface area (Å²) in [6, 6.07) is 14.5. The maximum Gasteiger partial charge on any atom is 0.282 e. The lowest BCUT2D eigenvalue weighted by molar-refractivity contribution is 0.145. The van der Waals surface area contributed by atoms with Crippen LogP contribution in [0.25, 0.3) is 17.1 Å². The first-order valence-corrected chi connectivity index (χ1v) is 9.24. The molecule has 1 aliphatic rings. The van der Waals surface area contributed by atoms with Crippen molar-refractivity contribution in [2.45, 2.75) is 19.6 Å². The van der Waals surface area contributed by atoms with Crippen LogP contribution in [-0.4, -0.2) is 24.3 Å². The topological polar surface area (TPSA) is 57.8 Å². The van der Waals surface area contributed by atoms with Crippen LogP contribution in [0.1, 0.15) is 23.6 Å². The van der Waals surface area contributed by atoms with Gasteiger partial charge in [0.2, 0.25) is 0 Å². The van der Waals surface area contributed by atoms with Gasteiger partial charge in [-0.3, -0.25) is 0 Å². The molecule has 4 aromatic rings. The van der Waals surface area contributed by atoms with Gasteiger partial charge in [0.25, 0.3) is 6.43 Å². The lowest BCUT2D eigenvalue weighted by Crippen LogP contribution is -2.11. The normalized spacial score (nSPS) is 12.3. The highest BCUT2D eigenvalue weighted by molar-refractivity contribution is 6.31. The number of halogens is 3. The lowest BCUT2D eigenvalue weighted by atomic mass is 10.1. The summed E-state index contributed by atoms with van der Waals surface area (Å²) in [5.74, 6) is 1.74. The summed E-state index contributed by atoms with van der Waals surface area (Å²) in [6.45, 7) is 0.285. The molecule has 0 bridgehead atoms. The highest BCUT2D eigenvalue weighted by atomic mass is 35.5. The molecule has 0 unspecified atom stereocenters. The quantitative estimate of drug-likeness (QED) is 0.430. The molecule has 0 fully saturated rings. The Morgan fingerprint density at radius 2 is 1.93 bits per heavy atom. The van der Waals surface area contributed by atoms with Crippen molar-refractivity contribution >= 4 is 11.6 Å². The zero-order valence-corrected chi connectivity index (χ0v) is 15.7. The number of nitrogens with zero attached hydrogens (tertiary/aromatic N) is 5. The Morgan fingerprint density at radius 3 is 2.72 bits per heavy atom. The Bertz CT molecular complexity index is 1190. The minimum atomic E-state index is -2.69. The molecule has 9 heteroatoms. The molecule has 0 saturated carbocycles. The van der Waals surface area contributed by atoms with Gasteiger partial charge in [-0.1, -0.05) is 29.8 Å². The third-order valence-electron chi connectivity index (χ3n) is 4.81. The van der Waals surface area contributed by atoms with Gasteiger partial charge in [-0.2, -0.15) is 0 Å². The Morgan fingerprint density at radius 1 is 1.10 bits per heavy atom. The van der Waals surface area contributed by atoms with Gasteiger partial charge in [0.15, 0.2) is 11.6 Å². The van der Waals surface area contributed by atoms with Gasteiger partial charge in [-0.05, 0) is 30.3 Å². The van der Waals surface area contributed by atoms with Crippen LogP contribution >= 0.6 is 11.6 Å². The first kappa shape index (κ1) is 17.8. The molecular formula is C20H14ClF2N5O. The average Bonchev–Trinajstić information content (AvgIpc) is 3.29. The van der Waals surface area contributed by atoms with Crippen molar-refractivity contribution in [1.29, 1.82) is 0 Å². The van der Waals surface area contributed by atoms with Crippen LogP contribution in [0.4, 0.5) is 8.78 Å². The fourth-order valence-corrected chi connectivity index (χ4v) is 3.63. The van der Waals surface area contributed by atoms with Crippen LogP contribution < -0.4 is 4.74 Å². The van der Waals surface area contributed by atoms with Crippen molar-refractivity contribution in [3.63, 3.8) is 0 Å². The van der Waals surface area contributed by atoms with Gasteiger partial charge >= 0.3 is 0 Å². The maximum absolute atomic E-state index is 13.6. The first-order valence-electron chi connectivity index (χ1n) is 8.86. The number of alkyl halides is 2. The summed E-state index contributed by atoms with van der Waals surface area (Å²) in [4.78, 5) is 3.94. The second kappa shape index (κ2) is 6.97. The van der Waals surface area contributed by atoms with Gasteiger partial charge in [0.05, 0.1) is 17.9 Å². The molecule has 5 rings (SSSR count). The molecule has 2 aromatic heterocycles. The van der Waals surface area contributed by atoms with Crippen LogP contribution in [0, 0.1) is 0 Å². The van der Waals surface area contributed by atoms with Crippen molar-refractivity contribution in [3.05, 3.63) is 77.1 Å². The zero-order chi connectivity index (χ0) is 20.0. The molecule has 146 valence electrons. The molecule has 3 heterocycles. The van der Waals surface area contributed by atoms with Crippen molar-refractivity contribution in [2.24, 2.45) is 0 Å². The van der Waals surface area contributed by atoms with E-state index in [2.05, 4.69) is 15.2 Å². The fourth-order valence-electron chi connectivity index (χ4n) is 3.45. The number of imidazole rings is 1. The second-order valence-corrected chi connectivity index (χ2v) is 6.97. The SMILES string of the molecule is FC(F)c1ncn2c1Cn1c(COc3ccccc3)nnc1-c1cc(Cl)ccc1-2. The zero-order valence-electron chi connectivity index (χ0n) is 15.0. The summed E-state index contributed by atoms with van der Waals surface area (Å²) in [6.07, 6.45) is -1.28. The highest BCUT2D eigenvalue weighted by Gasteiger charge is 2.28. The molecule has 1 aliphatic heterocycles. The molecule has 0 amide bonds. The van der Waals surface area contributed by atoms with Crippen molar-refractivity contribution in [1.82, 2.24) is 24.3 Å². The van der Waals surface area contributed by atoms with E-state index in [0.29, 0.717) is 39.4 Å². The van der Waals surface area contributed by atoms with Crippen LogP contribution in [0.3, 0.4) is 0 Å².